The first-order valence-corrected chi connectivity index (χ1v) is 8.43. The molecule has 0 radical (unpaired) electrons. The molecule has 1 N–H and O–H groups in total. The predicted octanol–water partition coefficient (Wildman–Crippen LogP) is 2.09. The summed E-state index contributed by atoms with van der Waals surface area (Å²) in [6.45, 7) is 2.54. The van der Waals surface area contributed by atoms with Crippen molar-refractivity contribution in [1.29, 1.82) is 0 Å². The lowest BCUT2D eigenvalue weighted by molar-refractivity contribution is -0.157. The van der Waals surface area contributed by atoms with Gasteiger partial charge < -0.3 is 14.8 Å². The first-order valence-electron chi connectivity index (χ1n) is 7.64. The summed E-state index contributed by atoms with van der Waals surface area (Å²) in [5.74, 6) is -0.283. The Morgan fingerprint density at radius 1 is 1.33 bits per heavy atom. The van der Waals surface area contributed by atoms with E-state index in [0.29, 0.717) is 26.1 Å². The number of esters is 1. The van der Waals surface area contributed by atoms with Crippen LogP contribution in [0.5, 0.6) is 5.75 Å². The summed E-state index contributed by atoms with van der Waals surface area (Å²) >= 11 is 3.34. The zero-order valence-electron chi connectivity index (χ0n) is 13.3. The third-order valence-corrected chi connectivity index (χ3v) is 3.92. The lowest BCUT2D eigenvalue weighted by Gasteiger charge is -2.18. The summed E-state index contributed by atoms with van der Waals surface area (Å²) in [5, 5.41) is 2.53. The van der Waals surface area contributed by atoms with Crippen LogP contribution in [-0.4, -0.2) is 48.6 Å². The first-order chi connectivity index (χ1) is 11.5. The number of hydrogen-bond donors (Lipinski definition) is 1. The number of rotatable bonds is 7. The number of hydrogen-bond acceptors (Lipinski definition) is 5. The second-order valence-corrected chi connectivity index (χ2v) is 6.18. The van der Waals surface area contributed by atoms with Crippen LogP contribution >= 0.6 is 15.9 Å². The van der Waals surface area contributed by atoms with Gasteiger partial charge in [-0.2, -0.15) is 0 Å². The SMILES string of the molecule is C[C@@H](OC(=O)CCCOc1ccc(Br)cc1)C(=O)N1CCNC1=O. The van der Waals surface area contributed by atoms with Crippen molar-refractivity contribution in [2.75, 3.05) is 19.7 Å². The van der Waals surface area contributed by atoms with Gasteiger partial charge in [-0.05, 0) is 37.6 Å². The molecule has 3 amide bonds. The molecule has 1 aliphatic rings. The molecule has 0 saturated carbocycles. The van der Waals surface area contributed by atoms with Crippen LogP contribution in [0.25, 0.3) is 0 Å². The van der Waals surface area contributed by atoms with Gasteiger partial charge in [-0.25, -0.2) is 4.79 Å². The van der Waals surface area contributed by atoms with Crippen LogP contribution in [0.2, 0.25) is 0 Å². The number of halogens is 1. The highest BCUT2D eigenvalue weighted by Gasteiger charge is 2.31. The molecule has 24 heavy (non-hydrogen) atoms. The average molecular weight is 399 g/mol. The maximum atomic E-state index is 12.0. The van der Waals surface area contributed by atoms with Crippen LogP contribution in [0, 0.1) is 0 Å². The largest absolute Gasteiger partial charge is 0.494 e. The predicted molar refractivity (Wildman–Crippen MR) is 89.5 cm³/mol. The van der Waals surface area contributed by atoms with Gasteiger partial charge in [0.15, 0.2) is 6.10 Å². The molecular weight excluding hydrogens is 380 g/mol. The zero-order chi connectivity index (χ0) is 17.5. The van der Waals surface area contributed by atoms with Crippen molar-refractivity contribution in [2.24, 2.45) is 0 Å². The van der Waals surface area contributed by atoms with Gasteiger partial charge in [0.2, 0.25) is 0 Å². The van der Waals surface area contributed by atoms with Gasteiger partial charge in [-0.1, -0.05) is 15.9 Å². The van der Waals surface area contributed by atoms with E-state index in [-0.39, 0.29) is 6.42 Å². The molecule has 1 heterocycles. The maximum absolute atomic E-state index is 12.0. The molecule has 1 atom stereocenters. The Labute approximate surface area is 148 Å². The Bertz CT molecular complexity index is 605. The molecule has 8 heteroatoms. The minimum absolute atomic E-state index is 0.139. The Morgan fingerprint density at radius 2 is 2.04 bits per heavy atom. The lowest BCUT2D eigenvalue weighted by Crippen LogP contribution is -2.41. The van der Waals surface area contributed by atoms with Crippen molar-refractivity contribution in [2.45, 2.75) is 25.9 Å². The summed E-state index contributed by atoms with van der Waals surface area (Å²) < 4.78 is 11.5. The van der Waals surface area contributed by atoms with E-state index in [2.05, 4.69) is 21.2 Å². The number of nitrogens with zero attached hydrogens (tertiary/aromatic N) is 1. The van der Waals surface area contributed by atoms with Gasteiger partial charge in [0.25, 0.3) is 5.91 Å². The van der Waals surface area contributed by atoms with Crippen molar-refractivity contribution >= 4 is 33.8 Å². The molecule has 0 unspecified atom stereocenters. The molecule has 130 valence electrons. The molecule has 1 saturated heterocycles. The minimum atomic E-state index is -0.978. The highest BCUT2D eigenvalue weighted by atomic mass is 79.9. The number of imide groups is 1. The molecule has 0 bridgehead atoms. The Kier molecular flexibility index (Phi) is 6.60. The summed E-state index contributed by atoms with van der Waals surface area (Å²) in [6, 6.07) is 6.93. The van der Waals surface area contributed by atoms with Crippen molar-refractivity contribution in [1.82, 2.24) is 10.2 Å². The van der Waals surface area contributed by atoms with Crippen molar-refractivity contribution < 1.29 is 23.9 Å². The van der Waals surface area contributed by atoms with E-state index in [1.54, 1.807) is 0 Å². The van der Waals surface area contributed by atoms with Gasteiger partial charge in [0.05, 0.1) is 6.61 Å². The van der Waals surface area contributed by atoms with Crippen molar-refractivity contribution in [3.8, 4) is 5.75 Å². The van der Waals surface area contributed by atoms with Gasteiger partial charge in [-0.15, -0.1) is 0 Å². The lowest BCUT2D eigenvalue weighted by atomic mass is 10.3. The van der Waals surface area contributed by atoms with Crippen LogP contribution in [-0.2, 0) is 14.3 Å². The van der Waals surface area contributed by atoms with Gasteiger partial charge in [0, 0.05) is 24.0 Å². The number of ether oxygens (including phenoxy) is 2. The molecule has 1 aromatic rings. The summed E-state index contributed by atoms with van der Waals surface area (Å²) in [7, 11) is 0. The Morgan fingerprint density at radius 3 is 2.67 bits per heavy atom. The van der Waals surface area contributed by atoms with E-state index in [0.717, 1.165) is 15.1 Å². The smallest absolute Gasteiger partial charge is 0.324 e. The third kappa shape index (κ3) is 5.23. The van der Waals surface area contributed by atoms with E-state index >= 15 is 0 Å². The van der Waals surface area contributed by atoms with E-state index in [1.165, 1.54) is 6.92 Å². The fraction of sp³-hybridized carbons (Fsp3) is 0.438. The van der Waals surface area contributed by atoms with E-state index < -0.39 is 24.0 Å². The first kappa shape index (κ1) is 18.3. The number of benzene rings is 1. The molecule has 1 aromatic carbocycles. The molecule has 1 aliphatic heterocycles. The molecule has 2 rings (SSSR count). The summed E-state index contributed by atoms with van der Waals surface area (Å²) in [6.07, 6.45) is -0.367. The second kappa shape index (κ2) is 8.68. The van der Waals surface area contributed by atoms with Gasteiger partial charge in [-0.3, -0.25) is 14.5 Å². The van der Waals surface area contributed by atoms with Crippen molar-refractivity contribution in [3.63, 3.8) is 0 Å². The fourth-order valence-corrected chi connectivity index (χ4v) is 2.41. The van der Waals surface area contributed by atoms with Crippen LogP contribution in [0.4, 0.5) is 4.79 Å². The van der Waals surface area contributed by atoms with Crippen molar-refractivity contribution in [3.05, 3.63) is 28.7 Å². The number of urea groups is 1. The van der Waals surface area contributed by atoms with Crippen LogP contribution < -0.4 is 10.1 Å². The topological polar surface area (TPSA) is 84.9 Å². The minimum Gasteiger partial charge on any atom is -0.494 e. The number of carbonyl (C=O) groups excluding carboxylic acids is 3. The monoisotopic (exact) mass is 398 g/mol. The number of carbonyl (C=O) groups is 3. The van der Waals surface area contributed by atoms with Gasteiger partial charge in [0.1, 0.15) is 5.75 Å². The van der Waals surface area contributed by atoms with E-state index in [4.69, 9.17) is 9.47 Å². The maximum Gasteiger partial charge on any atom is 0.324 e. The Hall–Kier alpha value is -2.09. The van der Waals surface area contributed by atoms with Crippen LogP contribution in [0.15, 0.2) is 28.7 Å². The molecular formula is C16H19BrN2O5. The average Bonchev–Trinajstić information content (AvgIpc) is 2.98. The number of amides is 3. The zero-order valence-corrected chi connectivity index (χ0v) is 14.9. The normalized spacial score (nSPS) is 14.9. The van der Waals surface area contributed by atoms with Crippen LogP contribution in [0.1, 0.15) is 19.8 Å². The Balaban J connectivity index is 1.66. The number of nitrogens with one attached hydrogen (secondary N) is 1. The standard InChI is InChI=1S/C16H19BrN2O5/c1-11(15(21)19-9-8-18-16(19)22)24-14(20)3-2-10-23-13-6-4-12(17)5-7-13/h4-7,11H,2-3,8-10H2,1H3,(H,18,22)/t11-/m1/s1. The molecule has 0 aromatic heterocycles. The molecule has 1 fully saturated rings. The highest BCUT2D eigenvalue weighted by molar-refractivity contribution is 9.10. The van der Waals surface area contributed by atoms with E-state index in [9.17, 15) is 14.4 Å². The second-order valence-electron chi connectivity index (χ2n) is 5.26. The van der Waals surface area contributed by atoms with Gasteiger partial charge >= 0.3 is 12.0 Å². The molecule has 0 aliphatic carbocycles. The highest BCUT2D eigenvalue weighted by Crippen LogP contribution is 2.16. The third-order valence-electron chi connectivity index (χ3n) is 3.39. The summed E-state index contributed by atoms with van der Waals surface area (Å²) in [4.78, 5) is 36.2. The molecule has 0 spiro atoms. The molecule has 7 nitrogen and oxygen atoms in total. The summed E-state index contributed by atoms with van der Waals surface area (Å²) in [5.41, 5.74) is 0. The quantitative estimate of drug-likeness (QED) is 0.561. The van der Waals surface area contributed by atoms with Crippen LogP contribution in [0.3, 0.4) is 0 Å². The van der Waals surface area contributed by atoms with E-state index in [1.807, 2.05) is 24.3 Å². The fourth-order valence-electron chi connectivity index (χ4n) is 2.15.